The maximum absolute atomic E-state index is 11.5. The van der Waals surface area contributed by atoms with Crippen LogP contribution < -0.4 is 5.32 Å². The number of rotatable bonds is 5. The van der Waals surface area contributed by atoms with Crippen LogP contribution >= 0.6 is 12.2 Å². The van der Waals surface area contributed by atoms with Gasteiger partial charge in [0.05, 0.1) is 31.3 Å². The first-order valence-corrected chi connectivity index (χ1v) is 8.17. The third-order valence-electron chi connectivity index (χ3n) is 4.18. The van der Waals surface area contributed by atoms with Crippen molar-refractivity contribution in [1.29, 1.82) is 0 Å². The molecular formula is C17H20N4O2S. The molecular weight excluding hydrogens is 324 g/mol. The number of aryl methyl sites for hydroxylation is 1. The molecule has 0 unspecified atom stereocenters. The summed E-state index contributed by atoms with van der Waals surface area (Å²) >= 11 is 5.52. The summed E-state index contributed by atoms with van der Waals surface area (Å²) in [5.41, 5.74) is 2.06. The molecule has 1 saturated heterocycles. The lowest BCUT2D eigenvalue weighted by Crippen LogP contribution is -2.31. The summed E-state index contributed by atoms with van der Waals surface area (Å²) in [7, 11) is 3.38. The molecule has 0 spiro atoms. The molecule has 0 aromatic carbocycles. The van der Waals surface area contributed by atoms with Crippen LogP contribution in [0.2, 0.25) is 0 Å². The molecule has 126 valence electrons. The van der Waals surface area contributed by atoms with Gasteiger partial charge in [-0.1, -0.05) is 6.07 Å². The minimum absolute atomic E-state index is 0.0155. The number of pyridine rings is 1. The number of nitrogens with one attached hydrogen (secondary N) is 1. The Balaban J connectivity index is 1.92. The van der Waals surface area contributed by atoms with E-state index in [2.05, 4.69) is 22.6 Å². The fourth-order valence-corrected chi connectivity index (χ4v) is 3.36. The zero-order valence-electron chi connectivity index (χ0n) is 13.7. The van der Waals surface area contributed by atoms with E-state index in [1.165, 1.54) is 7.11 Å². The molecule has 6 nitrogen and oxygen atoms in total. The molecule has 0 amide bonds. The molecule has 2 atom stereocenters. The van der Waals surface area contributed by atoms with E-state index in [-0.39, 0.29) is 24.5 Å². The number of carbonyl (C=O) groups excluding carboxylic acids is 1. The molecule has 0 aliphatic carbocycles. The normalized spacial score (nSPS) is 20.1. The number of esters is 1. The fourth-order valence-electron chi connectivity index (χ4n) is 3.02. The molecule has 3 rings (SSSR count). The Kier molecular flexibility index (Phi) is 4.80. The molecule has 1 fully saturated rings. The highest BCUT2D eigenvalue weighted by Crippen LogP contribution is 2.38. The van der Waals surface area contributed by atoms with Crippen LogP contribution in [0.25, 0.3) is 0 Å². The smallest absolute Gasteiger partial charge is 0.307 e. The summed E-state index contributed by atoms with van der Waals surface area (Å²) in [6.07, 6.45) is 6.14. The Morgan fingerprint density at radius 1 is 1.42 bits per heavy atom. The third-order valence-corrected chi connectivity index (χ3v) is 4.53. The van der Waals surface area contributed by atoms with Gasteiger partial charge < -0.3 is 19.5 Å². The van der Waals surface area contributed by atoms with Crippen LogP contribution in [0.15, 0.2) is 42.9 Å². The minimum atomic E-state index is -0.245. The van der Waals surface area contributed by atoms with Crippen molar-refractivity contribution in [2.45, 2.75) is 18.5 Å². The summed E-state index contributed by atoms with van der Waals surface area (Å²) in [5, 5.41) is 3.98. The lowest BCUT2D eigenvalue weighted by molar-refractivity contribution is -0.140. The molecule has 0 bridgehead atoms. The van der Waals surface area contributed by atoms with Gasteiger partial charge in [0, 0.05) is 32.2 Å². The zero-order valence-corrected chi connectivity index (χ0v) is 14.5. The average molecular weight is 344 g/mol. The number of nitrogens with zero attached hydrogens (tertiary/aromatic N) is 3. The van der Waals surface area contributed by atoms with E-state index < -0.39 is 0 Å². The van der Waals surface area contributed by atoms with Crippen LogP contribution in [0.5, 0.6) is 0 Å². The van der Waals surface area contributed by atoms with Gasteiger partial charge in [0.1, 0.15) is 0 Å². The Morgan fingerprint density at radius 3 is 2.88 bits per heavy atom. The van der Waals surface area contributed by atoms with Crippen molar-refractivity contribution in [1.82, 2.24) is 19.8 Å². The zero-order chi connectivity index (χ0) is 17.1. The van der Waals surface area contributed by atoms with Crippen LogP contribution in [-0.2, 0) is 16.6 Å². The summed E-state index contributed by atoms with van der Waals surface area (Å²) in [4.78, 5) is 18.1. The number of thiocarbonyl (C=S) groups is 1. The van der Waals surface area contributed by atoms with Crippen molar-refractivity contribution in [3.63, 3.8) is 0 Å². The number of methoxy groups -OCH3 is 1. The predicted molar refractivity (Wildman–Crippen MR) is 94.2 cm³/mol. The van der Waals surface area contributed by atoms with Gasteiger partial charge in [0.25, 0.3) is 0 Å². The van der Waals surface area contributed by atoms with Crippen molar-refractivity contribution in [2.75, 3.05) is 13.7 Å². The average Bonchev–Trinajstić information content (AvgIpc) is 3.16. The molecule has 0 saturated carbocycles. The highest BCUT2D eigenvalue weighted by molar-refractivity contribution is 7.80. The second-order valence-corrected chi connectivity index (χ2v) is 6.14. The van der Waals surface area contributed by atoms with Gasteiger partial charge in [0.2, 0.25) is 0 Å². The fraction of sp³-hybridized carbons (Fsp3) is 0.353. The van der Waals surface area contributed by atoms with Crippen molar-refractivity contribution in [3.05, 3.63) is 54.1 Å². The maximum atomic E-state index is 11.5. The Morgan fingerprint density at radius 2 is 2.25 bits per heavy atom. The van der Waals surface area contributed by atoms with E-state index in [0.29, 0.717) is 11.7 Å². The molecule has 3 heterocycles. The quantitative estimate of drug-likeness (QED) is 0.661. The number of hydrogen-bond donors (Lipinski definition) is 1. The topological polar surface area (TPSA) is 59.4 Å². The van der Waals surface area contributed by atoms with Crippen LogP contribution in [0.4, 0.5) is 0 Å². The van der Waals surface area contributed by atoms with Crippen LogP contribution in [0, 0.1) is 0 Å². The Labute approximate surface area is 146 Å². The second kappa shape index (κ2) is 7.00. The summed E-state index contributed by atoms with van der Waals surface area (Å²) in [6.45, 7) is 0.501. The van der Waals surface area contributed by atoms with Crippen LogP contribution in [0.3, 0.4) is 0 Å². The molecule has 2 aromatic rings. The van der Waals surface area contributed by atoms with Crippen LogP contribution in [0.1, 0.15) is 29.8 Å². The van der Waals surface area contributed by atoms with Gasteiger partial charge in [-0.3, -0.25) is 9.78 Å². The van der Waals surface area contributed by atoms with Gasteiger partial charge in [0.15, 0.2) is 5.11 Å². The van der Waals surface area contributed by atoms with E-state index in [1.54, 1.807) is 6.20 Å². The van der Waals surface area contributed by atoms with Gasteiger partial charge in [-0.2, -0.15) is 0 Å². The van der Waals surface area contributed by atoms with Crippen molar-refractivity contribution < 1.29 is 9.53 Å². The third kappa shape index (κ3) is 3.26. The second-order valence-electron chi connectivity index (χ2n) is 5.76. The SMILES string of the molecule is COC(=O)CCN1C(=S)N[C@H](c2ccccn2)[C@@H]1c1ccn(C)c1. The molecule has 1 aliphatic rings. The van der Waals surface area contributed by atoms with Gasteiger partial charge in [-0.05, 0) is 36.0 Å². The van der Waals surface area contributed by atoms with E-state index in [4.69, 9.17) is 17.0 Å². The van der Waals surface area contributed by atoms with Gasteiger partial charge in [-0.15, -0.1) is 0 Å². The molecule has 24 heavy (non-hydrogen) atoms. The number of carbonyl (C=O) groups is 1. The number of ether oxygens (including phenoxy) is 1. The predicted octanol–water partition coefficient (Wildman–Crippen LogP) is 1.96. The highest BCUT2D eigenvalue weighted by atomic mass is 32.1. The summed E-state index contributed by atoms with van der Waals surface area (Å²) in [5.74, 6) is -0.245. The molecule has 7 heteroatoms. The van der Waals surface area contributed by atoms with Crippen LogP contribution in [-0.4, -0.2) is 39.2 Å². The molecule has 1 N–H and O–H groups in total. The highest BCUT2D eigenvalue weighted by Gasteiger charge is 2.40. The van der Waals surface area contributed by atoms with E-state index >= 15 is 0 Å². The summed E-state index contributed by atoms with van der Waals surface area (Å²) in [6, 6.07) is 7.84. The molecule has 0 radical (unpaired) electrons. The standard InChI is InChI=1S/C17H20N4O2S/c1-20-9-6-12(11-20)16-15(13-5-3-4-8-18-13)19-17(24)21(16)10-7-14(22)23-2/h3-6,8-9,11,15-16H,7,10H2,1-2H3,(H,19,24)/t15-,16+/m1/s1. The summed E-state index contributed by atoms with van der Waals surface area (Å²) < 4.78 is 6.76. The van der Waals surface area contributed by atoms with Crippen molar-refractivity contribution in [3.8, 4) is 0 Å². The van der Waals surface area contributed by atoms with E-state index in [0.717, 1.165) is 11.3 Å². The minimum Gasteiger partial charge on any atom is -0.469 e. The van der Waals surface area contributed by atoms with E-state index in [1.807, 2.05) is 40.9 Å². The van der Waals surface area contributed by atoms with Gasteiger partial charge in [-0.25, -0.2) is 0 Å². The first kappa shape index (κ1) is 16.4. The Hall–Kier alpha value is -2.41. The first-order valence-electron chi connectivity index (χ1n) is 7.77. The monoisotopic (exact) mass is 344 g/mol. The van der Waals surface area contributed by atoms with Crippen molar-refractivity contribution >= 4 is 23.3 Å². The maximum Gasteiger partial charge on any atom is 0.307 e. The first-order chi connectivity index (χ1) is 11.6. The largest absolute Gasteiger partial charge is 0.469 e. The molecule has 2 aromatic heterocycles. The number of aromatic nitrogens is 2. The number of hydrogen-bond acceptors (Lipinski definition) is 4. The Bertz CT molecular complexity index is 731. The molecule has 1 aliphatic heterocycles. The lowest BCUT2D eigenvalue weighted by atomic mass is 9.99. The van der Waals surface area contributed by atoms with E-state index in [9.17, 15) is 4.79 Å². The van der Waals surface area contributed by atoms with Gasteiger partial charge >= 0.3 is 5.97 Å². The van der Waals surface area contributed by atoms with Crippen molar-refractivity contribution in [2.24, 2.45) is 7.05 Å². The lowest BCUT2D eigenvalue weighted by Gasteiger charge is -2.26.